The average Bonchev–Trinajstić information content (AvgIpc) is 3.24. The molecule has 0 unspecified atom stereocenters. The van der Waals surface area contributed by atoms with Gasteiger partial charge in [0.2, 0.25) is 0 Å². The zero-order valence-corrected chi connectivity index (χ0v) is 20.0. The summed E-state index contributed by atoms with van der Waals surface area (Å²) in [6, 6.07) is 14.8. The molecule has 4 rings (SSSR count). The van der Waals surface area contributed by atoms with E-state index in [0.717, 1.165) is 22.7 Å². The van der Waals surface area contributed by atoms with Crippen molar-refractivity contribution in [2.24, 2.45) is 0 Å². The van der Waals surface area contributed by atoms with Crippen LogP contribution in [0.4, 0.5) is 4.79 Å². The Kier molecular flexibility index (Phi) is 7.37. The summed E-state index contributed by atoms with van der Waals surface area (Å²) in [6.07, 6.45) is 1.27. The van der Waals surface area contributed by atoms with E-state index in [4.69, 9.17) is 21.1 Å². The van der Waals surface area contributed by atoms with E-state index in [0.29, 0.717) is 36.5 Å². The van der Waals surface area contributed by atoms with Crippen LogP contribution in [0.2, 0.25) is 5.02 Å². The van der Waals surface area contributed by atoms with Crippen LogP contribution in [-0.2, 0) is 24.1 Å². The maximum absolute atomic E-state index is 12.9. The number of fused-ring (bicyclic) bond motifs is 1. The SMILES string of the molecule is CCOC(=O)c1nn(-c2ccc(Cl)cc2)c2c1CN(C(=O)NCCc1ccc(OC)cc1)CC2. The largest absolute Gasteiger partial charge is 0.497 e. The second-order valence-electron chi connectivity index (χ2n) is 7.88. The van der Waals surface area contributed by atoms with Crippen molar-refractivity contribution >= 4 is 23.6 Å². The fourth-order valence-corrected chi connectivity index (χ4v) is 4.10. The first kappa shape index (κ1) is 23.6. The van der Waals surface area contributed by atoms with Crippen molar-refractivity contribution in [3.05, 3.63) is 76.1 Å². The molecule has 2 aromatic carbocycles. The summed E-state index contributed by atoms with van der Waals surface area (Å²) in [4.78, 5) is 27.2. The molecule has 9 heteroatoms. The third-order valence-electron chi connectivity index (χ3n) is 5.73. The van der Waals surface area contributed by atoms with Gasteiger partial charge in [-0.15, -0.1) is 0 Å². The highest BCUT2D eigenvalue weighted by Crippen LogP contribution is 2.27. The van der Waals surface area contributed by atoms with E-state index in [2.05, 4.69) is 10.4 Å². The molecule has 1 N–H and O–H groups in total. The van der Waals surface area contributed by atoms with Crippen molar-refractivity contribution in [1.29, 1.82) is 0 Å². The Labute approximate surface area is 203 Å². The van der Waals surface area contributed by atoms with Gasteiger partial charge in [-0.05, 0) is 55.3 Å². The van der Waals surface area contributed by atoms with E-state index in [-0.39, 0.29) is 24.9 Å². The summed E-state index contributed by atoms with van der Waals surface area (Å²) in [5.74, 6) is 0.307. The summed E-state index contributed by atoms with van der Waals surface area (Å²) in [5, 5.41) is 8.15. The standard InChI is InChI=1S/C25H27ClN4O4/c1-3-34-24(31)23-21-16-29(25(32)27-14-12-17-4-10-20(33-2)11-5-17)15-13-22(21)30(28-23)19-8-6-18(26)7-9-19/h4-11H,3,12-16H2,1-2H3,(H,27,32). The third kappa shape index (κ3) is 5.17. The van der Waals surface area contributed by atoms with Crippen molar-refractivity contribution in [1.82, 2.24) is 20.0 Å². The quantitative estimate of drug-likeness (QED) is 0.514. The Morgan fingerprint density at radius 2 is 1.85 bits per heavy atom. The molecule has 0 spiro atoms. The molecule has 0 saturated carbocycles. The second kappa shape index (κ2) is 10.6. The van der Waals surface area contributed by atoms with E-state index in [9.17, 15) is 9.59 Å². The van der Waals surface area contributed by atoms with Gasteiger partial charge in [0.1, 0.15) is 5.75 Å². The van der Waals surface area contributed by atoms with Crippen LogP contribution in [0.15, 0.2) is 48.5 Å². The number of rotatable bonds is 7. The van der Waals surface area contributed by atoms with Crippen molar-refractivity contribution < 1.29 is 19.1 Å². The maximum Gasteiger partial charge on any atom is 0.359 e. The van der Waals surface area contributed by atoms with Crippen molar-refractivity contribution in [2.45, 2.75) is 26.3 Å². The van der Waals surface area contributed by atoms with Crippen LogP contribution in [0.1, 0.15) is 34.2 Å². The Balaban J connectivity index is 1.47. The molecule has 0 bridgehead atoms. The van der Waals surface area contributed by atoms with Crippen LogP contribution in [0, 0.1) is 0 Å². The number of hydrogen-bond donors (Lipinski definition) is 1. The van der Waals surface area contributed by atoms with E-state index in [1.165, 1.54) is 0 Å². The highest BCUT2D eigenvalue weighted by Gasteiger charge is 2.31. The van der Waals surface area contributed by atoms with Crippen LogP contribution < -0.4 is 10.1 Å². The van der Waals surface area contributed by atoms with Gasteiger partial charge >= 0.3 is 12.0 Å². The number of nitrogens with one attached hydrogen (secondary N) is 1. The summed E-state index contributed by atoms with van der Waals surface area (Å²) in [6.45, 7) is 3.30. The van der Waals surface area contributed by atoms with E-state index < -0.39 is 5.97 Å². The predicted molar refractivity (Wildman–Crippen MR) is 129 cm³/mol. The third-order valence-corrected chi connectivity index (χ3v) is 5.99. The van der Waals surface area contributed by atoms with Gasteiger partial charge in [-0.25, -0.2) is 14.3 Å². The van der Waals surface area contributed by atoms with Crippen molar-refractivity contribution in [3.8, 4) is 11.4 Å². The number of hydrogen-bond acceptors (Lipinski definition) is 5. The Hall–Kier alpha value is -3.52. The van der Waals surface area contributed by atoms with Gasteiger partial charge < -0.3 is 19.7 Å². The lowest BCUT2D eigenvalue weighted by molar-refractivity contribution is 0.0516. The van der Waals surface area contributed by atoms with E-state index in [1.54, 1.807) is 35.7 Å². The minimum Gasteiger partial charge on any atom is -0.497 e. The van der Waals surface area contributed by atoms with Gasteiger partial charge in [-0.2, -0.15) is 5.10 Å². The van der Waals surface area contributed by atoms with Crippen LogP contribution in [0.3, 0.4) is 0 Å². The predicted octanol–water partition coefficient (Wildman–Crippen LogP) is 4.02. The number of methoxy groups -OCH3 is 1. The molecular weight excluding hydrogens is 456 g/mol. The summed E-state index contributed by atoms with van der Waals surface area (Å²) < 4.78 is 12.1. The molecule has 1 aromatic heterocycles. The summed E-state index contributed by atoms with van der Waals surface area (Å²) in [5.41, 5.74) is 3.75. The number of carbonyl (C=O) groups is 2. The van der Waals surface area contributed by atoms with Crippen LogP contribution >= 0.6 is 11.6 Å². The van der Waals surface area contributed by atoms with Crippen molar-refractivity contribution in [3.63, 3.8) is 0 Å². The lowest BCUT2D eigenvalue weighted by atomic mass is 10.0. The molecule has 2 amide bonds. The number of benzene rings is 2. The van der Waals surface area contributed by atoms with Gasteiger partial charge in [-0.3, -0.25) is 0 Å². The first-order valence-corrected chi connectivity index (χ1v) is 11.6. The molecule has 2 heterocycles. The molecule has 0 aliphatic carbocycles. The molecule has 0 atom stereocenters. The smallest absolute Gasteiger partial charge is 0.359 e. The Morgan fingerprint density at radius 3 is 2.53 bits per heavy atom. The van der Waals surface area contributed by atoms with Gasteiger partial charge in [0.05, 0.1) is 31.6 Å². The summed E-state index contributed by atoms with van der Waals surface area (Å²) in [7, 11) is 1.63. The van der Waals surface area contributed by atoms with E-state index in [1.807, 2.05) is 36.4 Å². The summed E-state index contributed by atoms with van der Waals surface area (Å²) >= 11 is 6.03. The maximum atomic E-state index is 12.9. The number of esters is 1. The van der Waals surface area contributed by atoms with Crippen molar-refractivity contribution in [2.75, 3.05) is 26.8 Å². The fraction of sp³-hybridized carbons (Fsp3) is 0.320. The normalized spacial score (nSPS) is 12.7. The average molecular weight is 483 g/mol. The van der Waals surface area contributed by atoms with Gasteiger partial charge in [-0.1, -0.05) is 23.7 Å². The zero-order chi connectivity index (χ0) is 24.1. The van der Waals surface area contributed by atoms with Gasteiger partial charge in [0.15, 0.2) is 5.69 Å². The molecule has 1 aliphatic rings. The topological polar surface area (TPSA) is 85.7 Å². The number of aromatic nitrogens is 2. The molecule has 178 valence electrons. The highest BCUT2D eigenvalue weighted by atomic mass is 35.5. The number of nitrogens with zero attached hydrogens (tertiary/aromatic N) is 3. The molecule has 8 nitrogen and oxygen atoms in total. The lowest BCUT2D eigenvalue weighted by Crippen LogP contribution is -2.43. The Bertz CT molecular complexity index is 1160. The molecule has 34 heavy (non-hydrogen) atoms. The number of amides is 2. The van der Waals surface area contributed by atoms with Gasteiger partial charge in [0.25, 0.3) is 0 Å². The zero-order valence-electron chi connectivity index (χ0n) is 19.2. The van der Waals surface area contributed by atoms with Crippen LogP contribution in [0.25, 0.3) is 5.69 Å². The molecule has 0 radical (unpaired) electrons. The second-order valence-corrected chi connectivity index (χ2v) is 8.32. The molecular formula is C25H27ClN4O4. The monoisotopic (exact) mass is 482 g/mol. The molecule has 0 saturated heterocycles. The van der Waals surface area contributed by atoms with Gasteiger partial charge in [0, 0.05) is 30.1 Å². The number of carbonyl (C=O) groups excluding carboxylic acids is 2. The number of urea groups is 1. The van der Waals surface area contributed by atoms with Crippen LogP contribution in [0.5, 0.6) is 5.75 Å². The minimum absolute atomic E-state index is 0.173. The Morgan fingerprint density at radius 1 is 1.12 bits per heavy atom. The number of halogens is 1. The number of ether oxygens (including phenoxy) is 2. The molecule has 3 aromatic rings. The fourth-order valence-electron chi connectivity index (χ4n) is 3.97. The lowest BCUT2D eigenvalue weighted by Gasteiger charge is -2.28. The van der Waals surface area contributed by atoms with Crippen LogP contribution in [-0.4, -0.2) is 53.5 Å². The first-order valence-electron chi connectivity index (χ1n) is 11.2. The highest BCUT2D eigenvalue weighted by molar-refractivity contribution is 6.30. The molecule has 0 fully saturated rings. The molecule has 1 aliphatic heterocycles. The van der Waals surface area contributed by atoms with E-state index >= 15 is 0 Å². The first-order chi connectivity index (χ1) is 16.5. The minimum atomic E-state index is -0.492.